The molecule has 2 aromatic carbocycles. The van der Waals surface area contributed by atoms with Gasteiger partial charge in [0.25, 0.3) is 0 Å². The summed E-state index contributed by atoms with van der Waals surface area (Å²) in [5.41, 5.74) is 5.24. The van der Waals surface area contributed by atoms with Crippen molar-refractivity contribution in [1.29, 1.82) is 0 Å². The van der Waals surface area contributed by atoms with Crippen LogP contribution in [0, 0.1) is 0 Å². The van der Waals surface area contributed by atoms with Crippen LogP contribution in [-0.4, -0.2) is 36.6 Å². The number of ether oxygens (including phenoxy) is 2. The predicted molar refractivity (Wildman–Crippen MR) is 139 cm³/mol. The molecule has 0 fully saturated rings. The number of hydrogen-bond acceptors (Lipinski definition) is 4. The van der Waals surface area contributed by atoms with Crippen LogP contribution in [0.5, 0.6) is 5.88 Å². The summed E-state index contributed by atoms with van der Waals surface area (Å²) in [5.74, 6) is 0.606. The van der Waals surface area contributed by atoms with Crippen molar-refractivity contribution >= 4 is 31.1 Å². The zero-order valence-corrected chi connectivity index (χ0v) is 20.8. The number of methoxy groups -OCH3 is 1. The second-order valence-electron chi connectivity index (χ2n) is 9.30. The van der Waals surface area contributed by atoms with E-state index in [0.717, 1.165) is 45.9 Å². The molecule has 0 spiro atoms. The van der Waals surface area contributed by atoms with Crippen LogP contribution in [0.2, 0.25) is 25.7 Å². The Morgan fingerprint density at radius 1 is 0.939 bits per heavy atom. The highest BCUT2D eigenvalue weighted by Crippen LogP contribution is 2.28. The molecule has 0 saturated carbocycles. The molecule has 0 bridgehead atoms. The number of hydrogen-bond donors (Lipinski definition) is 0. The largest absolute Gasteiger partial charge is 0.481 e. The lowest BCUT2D eigenvalue weighted by atomic mass is 10.0. The molecule has 2 heterocycles. The second-order valence-corrected chi connectivity index (χ2v) is 14.9. The lowest BCUT2D eigenvalue weighted by Crippen LogP contribution is -2.22. The normalized spacial score (nSPS) is 12.0. The third-order valence-electron chi connectivity index (χ3n) is 5.50. The molecule has 6 heteroatoms. The first-order valence-electron chi connectivity index (χ1n) is 11.2. The average Bonchev–Trinajstić information content (AvgIpc) is 3.17. The molecular formula is C27H31N3O2Si. The summed E-state index contributed by atoms with van der Waals surface area (Å²) in [6.45, 7) is 8.28. The van der Waals surface area contributed by atoms with Crippen LogP contribution >= 0.6 is 0 Å². The van der Waals surface area contributed by atoms with Gasteiger partial charge in [-0.25, -0.2) is 9.67 Å². The first kappa shape index (κ1) is 23.0. The van der Waals surface area contributed by atoms with Gasteiger partial charge in [-0.2, -0.15) is 5.10 Å². The second kappa shape index (κ2) is 10.1. The quantitative estimate of drug-likeness (QED) is 0.210. The maximum atomic E-state index is 6.04. The Kier molecular flexibility index (Phi) is 7.06. The molecule has 0 aliphatic rings. The van der Waals surface area contributed by atoms with Crippen molar-refractivity contribution in [2.45, 2.75) is 32.4 Å². The van der Waals surface area contributed by atoms with Gasteiger partial charge in [0.2, 0.25) is 5.88 Å². The van der Waals surface area contributed by atoms with Crippen molar-refractivity contribution in [2.24, 2.45) is 0 Å². The molecule has 0 saturated heterocycles. The fourth-order valence-corrected chi connectivity index (χ4v) is 4.30. The monoisotopic (exact) mass is 457 g/mol. The summed E-state index contributed by atoms with van der Waals surface area (Å²) in [6, 6.07) is 21.7. The lowest BCUT2D eigenvalue weighted by Gasteiger charge is -2.15. The third-order valence-corrected chi connectivity index (χ3v) is 7.21. The predicted octanol–water partition coefficient (Wildman–Crippen LogP) is 6.59. The maximum Gasteiger partial charge on any atom is 0.212 e. The SMILES string of the molecule is COc1ccc(-c2ccc3c(C=Cc4ccccc4)nn(COCC[Si](C)(C)C)c3c2)cn1. The number of rotatable bonds is 9. The molecule has 0 amide bonds. The van der Waals surface area contributed by atoms with Crippen LogP contribution in [0.4, 0.5) is 0 Å². The Hall–Kier alpha value is -3.22. The molecule has 4 rings (SSSR count). The van der Waals surface area contributed by atoms with Crippen molar-refractivity contribution in [2.75, 3.05) is 13.7 Å². The summed E-state index contributed by atoms with van der Waals surface area (Å²) in [6.07, 6.45) is 6.01. The number of nitrogens with zero attached hydrogens (tertiary/aromatic N) is 3. The molecule has 0 atom stereocenters. The van der Waals surface area contributed by atoms with Gasteiger partial charge in [-0.1, -0.05) is 62.1 Å². The van der Waals surface area contributed by atoms with Gasteiger partial charge in [0.1, 0.15) is 6.73 Å². The van der Waals surface area contributed by atoms with E-state index in [-0.39, 0.29) is 0 Å². The van der Waals surface area contributed by atoms with Gasteiger partial charge >= 0.3 is 0 Å². The van der Waals surface area contributed by atoms with E-state index in [2.05, 4.69) is 67.1 Å². The Morgan fingerprint density at radius 2 is 1.73 bits per heavy atom. The minimum atomic E-state index is -1.14. The summed E-state index contributed by atoms with van der Waals surface area (Å²) in [7, 11) is 0.486. The minimum absolute atomic E-state index is 0.435. The number of benzene rings is 2. The zero-order chi connectivity index (χ0) is 23.3. The molecule has 0 aliphatic heterocycles. The van der Waals surface area contributed by atoms with Gasteiger partial charge < -0.3 is 9.47 Å². The zero-order valence-electron chi connectivity index (χ0n) is 19.8. The molecule has 0 aliphatic carbocycles. The Labute approximate surface area is 196 Å². The van der Waals surface area contributed by atoms with E-state index in [1.807, 2.05) is 41.2 Å². The van der Waals surface area contributed by atoms with Gasteiger partial charge in [0.15, 0.2) is 0 Å². The van der Waals surface area contributed by atoms with E-state index in [0.29, 0.717) is 12.6 Å². The minimum Gasteiger partial charge on any atom is -0.481 e. The molecule has 4 aromatic rings. The number of fused-ring (bicyclic) bond motifs is 1. The van der Waals surface area contributed by atoms with Gasteiger partial charge in [-0.3, -0.25) is 0 Å². The van der Waals surface area contributed by atoms with Crippen LogP contribution in [-0.2, 0) is 11.5 Å². The topological polar surface area (TPSA) is 49.2 Å². The molecule has 0 N–H and O–H groups in total. The number of aromatic nitrogens is 3. The first-order valence-corrected chi connectivity index (χ1v) is 15.0. The van der Waals surface area contributed by atoms with Gasteiger partial charge in [-0.05, 0) is 41.4 Å². The van der Waals surface area contributed by atoms with Crippen LogP contribution in [0.15, 0.2) is 66.9 Å². The smallest absolute Gasteiger partial charge is 0.212 e. The Balaban J connectivity index is 1.66. The first-order chi connectivity index (χ1) is 15.9. The van der Waals surface area contributed by atoms with E-state index in [9.17, 15) is 0 Å². The van der Waals surface area contributed by atoms with E-state index in [1.165, 1.54) is 0 Å². The summed E-state index contributed by atoms with van der Waals surface area (Å²) < 4.78 is 13.2. The highest BCUT2D eigenvalue weighted by atomic mass is 28.3. The van der Waals surface area contributed by atoms with E-state index in [4.69, 9.17) is 14.6 Å². The molecule has 5 nitrogen and oxygen atoms in total. The lowest BCUT2D eigenvalue weighted by molar-refractivity contribution is 0.0816. The highest BCUT2D eigenvalue weighted by Gasteiger charge is 2.14. The fourth-order valence-electron chi connectivity index (χ4n) is 3.54. The van der Waals surface area contributed by atoms with Crippen molar-refractivity contribution in [3.63, 3.8) is 0 Å². The van der Waals surface area contributed by atoms with Crippen LogP contribution in [0.3, 0.4) is 0 Å². The molecule has 33 heavy (non-hydrogen) atoms. The molecule has 2 aromatic heterocycles. The summed E-state index contributed by atoms with van der Waals surface area (Å²) in [4.78, 5) is 4.35. The van der Waals surface area contributed by atoms with Crippen LogP contribution in [0.1, 0.15) is 11.3 Å². The Morgan fingerprint density at radius 3 is 2.42 bits per heavy atom. The van der Waals surface area contributed by atoms with Gasteiger partial charge in [-0.15, -0.1) is 0 Å². The van der Waals surface area contributed by atoms with Crippen molar-refractivity contribution in [3.05, 3.63) is 78.1 Å². The summed E-state index contributed by atoms with van der Waals surface area (Å²) >= 11 is 0. The Bertz CT molecular complexity index is 1230. The maximum absolute atomic E-state index is 6.04. The number of pyridine rings is 1. The van der Waals surface area contributed by atoms with Crippen LogP contribution < -0.4 is 4.74 Å². The summed E-state index contributed by atoms with van der Waals surface area (Å²) in [5, 5.41) is 5.98. The van der Waals surface area contributed by atoms with E-state index >= 15 is 0 Å². The molecule has 0 radical (unpaired) electrons. The molecular weight excluding hydrogens is 426 g/mol. The molecule has 0 unspecified atom stereocenters. The van der Waals surface area contributed by atoms with Gasteiger partial charge in [0, 0.05) is 37.9 Å². The third kappa shape index (κ3) is 5.97. The van der Waals surface area contributed by atoms with E-state index in [1.54, 1.807) is 7.11 Å². The fraction of sp³-hybridized carbons (Fsp3) is 0.259. The highest BCUT2D eigenvalue weighted by molar-refractivity contribution is 6.76. The van der Waals surface area contributed by atoms with Crippen LogP contribution in [0.25, 0.3) is 34.2 Å². The molecule has 170 valence electrons. The van der Waals surface area contributed by atoms with E-state index < -0.39 is 8.07 Å². The van der Waals surface area contributed by atoms with Gasteiger partial charge in [0.05, 0.1) is 18.3 Å². The standard InChI is InChI=1S/C27H31N3O2Si/c1-31-27-15-12-23(19-28-27)22-11-13-24-25(14-10-21-8-6-5-7-9-21)29-30(26(24)18-22)20-32-16-17-33(2,3)4/h5-15,18-19H,16-17,20H2,1-4H3. The average molecular weight is 458 g/mol. The van der Waals surface area contributed by atoms with Crippen molar-refractivity contribution < 1.29 is 9.47 Å². The van der Waals surface area contributed by atoms with Crippen molar-refractivity contribution in [1.82, 2.24) is 14.8 Å². The van der Waals surface area contributed by atoms with Crippen molar-refractivity contribution in [3.8, 4) is 17.0 Å².